The Bertz CT molecular complexity index is 3640. The minimum Gasteiger partial charge on any atom is -0.455 e. The van der Waals surface area contributed by atoms with Crippen molar-refractivity contribution in [2.75, 3.05) is 0 Å². The summed E-state index contributed by atoms with van der Waals surface area (Å²) in [6.45, 7) is 0. The van der Waals surface area contributed by atoms with Crippen LogP contribution in [-0.2, 0) is 0 Å². The zero-order valence-corrected chi connectivity index (χ0v) is 28.9. The van der Waals surface area contributed by atoms with Crippen molar-refractivity contribution in [3.8, 4) is 17.2 Å². The zero-order valence-electron chi connectivity index (χ0n) is 28.1. The van der Waals surface area contributed by atoms with Crippen LogP contribution >= 0.6 is 11.3 Å². The highest BCUT2D eigenvalue weighted by Gasteiger charge is 2.22. The quantitative estimate of drug-likeness (QED) is 0.170. The van der Waals surface area contributed by atoms with Gasteiger partial charge in [-0.3, -0.25) is 4.57 Å². The summed E-state index contributed by atoms with van der Waals surface area (Å²) >= 11 is 1.77. The minimum atomic E-state index is 0.656. The lowest BCUT2D eigenvalue weighted by Crippen LogP contribution is -2.03. The highest BCUT2D eigenvalue weighted by Crippen LogP contribution is 2.44. The summed E-state index contributed by atoms with van der Waals surface area (Å²) in [7, 11) is 0. The predicted molar refractivity (Wildman–Crippen MR) is 223 cm³/mol. The third-order valence-corrected chi connectivity index (χ3v) is 12.5. The first kappa shape index (κ1) is 27.8. The Hall–Kier alpha value is -6.82. The van der Waals surface area contributed by atoms with E-state index < -0.39 is 0 Å². The molecule has 0 bridgehead atoms. The molecule has 13 aromatic rings. The van der Waals surface area contributed by atoms with E-state index in [0.29, 0.717) is 5.95 Å². The van der Waals surface area contributed by atoms with Crippen LogP contribution in [0.15, 0.2) is 156 Å². The lowest BCUT2D eigenvalue weighted by atomic mass is 9.92. The molecule has 53 heavy (non-hydrogen) atoms. The molecule has 0 fully saturated rings. The molecule has 0 aliphatic heterocycles. The minimum absolute atomic E-state index is 0.656. The Morgan fingerprint density at radius 1 is 0.472 bits per heavy atom. The number of nitrogens with zero attached hydrogens (tertiary/aromatic N) is 3. The lowest BCUT2D eigenvalue weighted by Gasteiger charge is -2.14. The van der Waals surface area contributed by atoms with Gasteiger partial charge in [0.05, 0.1) is 26.9 Å². The van der Waals surface area contributed by atoms with Crippen molar-refractivity contribution in [2.45, 2.75) is 0 Å². The molecule has 4 aromatic heterocycles. The molecule has 0 unspecified atom stereocenters. The third kappa shape index (κ3) is 3.69. The Morgan fingerprint density at radius 3 is 2.02 bits per heavy atom. The average molecular weight is 692 g/mol. The normalized spacial score (nSPS) is 12.5. The van der Waals surface area contributed by atoms with Gasteiger partial charge < -0.3 is 4.42 Å². The van der Waals surface area contributed by atoms with Crippen molar-refractivity contribution in [3.63, 3.8) is 0 Å². The van der Waals surface area contributed by atoms with E-state index in [4.69, 9.17) is 14.4 Å². The van der Waals surface area contributed by atoms with E-state index in [2.05, 4.69) is 144 Å². The molecule has 4 heterocycles. The molecule has 0 aliphatic rings. The Kier molecular flexibility index (Phi) is 5.22. The lowest BCUT2D eigenvalue weighted by molar-refractivity contribution is 0.672. The second-order valence-electron chi connectivity index (χ2n) is 14.1. The van der Waals surface area contributed by atoms with Crippen molar-refractivity contribution in [1.82, 2.24) is 14.5 Å². The van der Waals surface area contributed by atoms with E-state index >= 15 is 0 Å². The van der Waals surface area contributed by atoms with Gasteiger partial charge >= 0.3 is 0 Å². The van der Waals surface area contributed by atoms with Crippen LogP contribution in [0.25, 0.3) is 124 Å². The topological polar surface area (TPSA) is 43.9 Å². The molecule has 0 radical (unpaired) electrons. The second-order valence-corrected chi connectivity index (χ2v) is 15.2. The van der Waals surface area contributed by atoms with Crippen LogP contribution in [0, 0.1) is 0 Å². The second kappa shape index (κ2) is 9.94. The maximum atomic E-state index is 6.55. The van der Waals surface area contributed by atoms with Crippen LogP contribution < -0.4 is 0 Å². The van der Waals surface area contributed by atoms with Crippen molar-refractivity contribution in [1.29, 1.82) is 0 Å². The summed E-state index contributed by atoms with van der Waals surface area (Å²) in [6, 6.07) is 54.7. The van der Waals surface area contributed by atoms with Gasteiger partial charge in [0.15, 0.2) is 0 Å². The molecule has 0 saturated heterocycles. The average Bonchev–Trinajstić information content (AvgIpc) is 3.88. The summed E-state index contributed by atoms with van der Waals surface area (Å²) in [5, 5.41) is 15.5. The van der Waals surface area contributed by atoms with Gasteiger partial charge in [0.2, 0.25) is 5.95 Å². The molecule has 13 rings (SSSR count). The van der Waals surface area contributed by atoms with Crippen LogP contribution in [0.2, 0.25) is 0 Å². The van der Waals surface area contributed by atoms with E-state index in [9.17, 15) is 0 Å². The number of thiophene rings is 1. The summed E-state index contributed by atoms with van der Waals surface area (Å²) in [5.41, 5.74) is 6.92. The van der Waals surface area contributed by atoms with Gasteiger partial charge in [-0.1, -0.05) is 103 Å². The fourth-order valence-electron chi connectivity index (χ4n) is 8.95. The molecule has 4 nitrogen and oxygen atoms in total. The smallest absolute Gasteiger partial charge is 0.235 e. The molecular formula is C48H25N3OS. The molecule has 0 amide bonds. The number of aromatic nitrogens is 3. The first-order valence-corrected chi connectivity index (χ1v) is 18.7. The summed E-state index contributed by atoms with van der Waals surface area (Å²) in [6.07, 6.45) is 0. The predicted octanol–water partition coefficient (Wildman–Crippen LogP) is 13.6. The van der Waals surface area contributed by atoms with Gasteiger partial charge in [-0.25, -0.2) is 9.97 Å². The fourth-order valence-corrected chi connectivity index (χ4v) is 10.1. The number of hydrogen-bond acceptors (Lipinski definition) is 4. The van der Waals surface area contributed by atoms with E-state index in [1.807, 2.05) is 12.1 Å². The van der Waals surface area contributed by atoms with Gasteiger partial charge in [-0.05, 0) is 86.2 Å². The molecule has 0 atom stereocenters. The molecule has 0 spiro atoms. The molecule has 0 aliphatic carbocycles. The summed E-state index contributed by atoms with van der Waals surface area (Å²) < 4.78 is 11.1. The highest BCUT2D eigenvalue weighted by atomic mass is 32.1. The van der Waals surface area contributed by atoms with Crippen molar-refractivity contribution in [3.05, 3.63) is 152 Å². The van der Waals surface area contributed by atoms with Crippen LogP contribution in [-0.4, -0.2) is 14.5 Å². The van der Waals surface area contributed by atoms with Gasteiger partial charge in [-0.15, -0.1) is 11.3 Å². The number of rotatable bonds is 2. The Labute approximate surface area is 305 Å². The van der Waals surface area contributed by atoms with Crippen LogP contribution in [0.1, 0.15) is 0 Å². The first-order valence-electron chi connectivity index (χ1n) is 17.9. The highest BCUT2D eigenvalue weighted by molar-refractivity contribution is 7.26. The van der Waals surface area contributed by atoms with Crippen molar-refractivity contribution >= 4 is 118 Å². The number of para-hydroxylation sites is 2. The van der Waals surface area contributed by atoms with Crippen LogP contribution in [0.4, 0.5) is 0 Å². The third-order valence-electron chi connectivity index (χ3n) is 11.3. The van der Waals surface area contributed by atoms with Gasteiger partial charge in [0.25, 0.3) is 0 Å². The molecule has 9 aromatic carbocycles. The zero-order chi connectivity index (χ0) is 34.4. The summed E-state index contributed by atoms with van der Waals surface area (Å²) in [4.78, 5) is 11.0. The first-order chi connectivity index (χ1) is 26.2. The number of furan rings is 1. The Morgan fingerprint density at radius 2 is 1.17 bits per heavy atom. The molecular weight excluding hydrogens is 667 g/mol. The van der Waals surface area contributed by atoms with Crippen molar-refractivity contribution < 1.29 is 4.42 Å². The standard InChI is InChI=1S/C48H25N3OS/c1-4-13-38-32(10-1)37-24-28-20-21-34-33-11-2-5-14-40(33)52-46(34)36(28)25-39(37)51(38)48-49-44(47-45(50-48)35-12-3-6-15-41(35)53-47)31-22-29-18-16-26-8-7-9-27-17-19-30(23-31)43(29)42(26)27/h1-25H. The van der Waals surface area contributed by atoms with E-state index in [1.54, 1.807) is 11.3 Å². The van der Waals surface area contributed by atoms with E-state index in [-0.39, 0.29) is 0 Å². The van der Waals surface area contributed by atoms with Crippen LogP contribution in [0.5, 0.6) is 0 Å². The molecule has 244 valence electrons. The van der Waals surface area contributed by atoms with Crippen LogP contribution in [0.3, 0.4) is 0 Å². The van der Waals surface area contributed by atoms with E-state index in [1.165, 1.54) is 37.0 Å². The monoisotopic (exact) mass is 691 g/mol. The number of fused-ring (bicyclic) bond motifs is 11. The SMILES string of the molecule is c1cc2ccc3cc(-c4nc(-n5c6ccccc6c6cc7ccc8c9ccccc9oc8c7cc65)nc5c4sc4ccccc45)cc4ccc(c1)c2c34. The van der Waals surface area contributed by atoms with Gasteiger partial charge in [-0.2, -0.15) is 0 Å². The summed E-state index contributed by atoms with van der Waals surface area (Å²) in [5.74, 6) is 0.656. The maximum Gasteiger partial charge on any atom is 0.235 e. The molecule has 0 N–H and O–H groups in total. The number of benzene rings is 9. The molecule has 5 heteroatoms. The Balaban J connectivity index is 1.15. The van der Waals surface area contributed by atoms with E-state index in [0.717, 1.165) is 81.4 Å². The van der Waals surface area contributed by atoms with Gasteiger partial charge in [0.1, 0.15) is 11.2 Å². The maximum absolute atomic E-state index is 6.55. The van der Waals surface area contributed by atoms with Crippen molar-refractivity contribution in [2.24, 2.45) is 0 Å². The molecule has 0 saturated carbocycles. The number of hydrogen-bond donors (Lipinski definition) is 0. The van der Waals surface area contributed by atoms with Gasteiger partial charge in [0, 0.05) is 42.6 Å². The largest absolute Gasteiger partial charge is 0.455 e. The fraction of sp³-hybridized carbons (Fsp3) is 0.